The van der Waals surface area contributed by atoms with Crippen molar-refractivity contribution in [2.75, 3.05) is 13.7 Å². The molecule has 0 unspecified atom stereocenters. The largest absolute Gasteiger partial charge is 0.368 e. The molecule has 2 N–H and O–H groups in total. The van der Waals surface area contributed by atoms with Crippen molar-refractivity contribution in [3.63, 3.8) is 0 Å². The number of ether oxygens (including phenoxy) is 5. The van der Waals surface area contributed by atoms with Crippen LogP contribution in [-0.2, 0) is 43.5 Å². The van der Waals surface area contributed by atoms with Gasteiger partial charge in [0.05, 0.1) is 19.8 Å². The molecule has 0 bridgehead atoms. The summed E-state index contributed by atoms with van der Waals surface area (Å²) in [7, 11) is 1.61. The molecule has 1 aliphatic rings. The van der Waals surface area contributed by atoms with Gasteiger partial charge in [0.15, 0.2) is 6.29 Å². The number of rotatable bonds is 11. The van der Waals surface area contributed by atoms with E-state index < -0.39 is 30.7 Å². The van der Waals surface area contributed by atoms with E-state index in [1.54, 1.807) is 7.11 Å². The van der Waals surface area contributed by atoms with Gasteiger partial charge in [-0.25, -0.2) is 0 Å². The van der Waals surface area contributed by atoms with Crippen LogP contribution in [0.1, 0.15) is 16.7 Å². The molecule has 0 radical (unpaired) electrons. The zero-order valence-corrected chi connectivity index (χ0v) is 19.5. The molecule has 1 fully saturated rings. The van der Waals surface area contributed by atoms with E-state index in [-0.39, 0.29) is 6.54 Å². The van der Waals surface area contributed by atoms with Crippen molar-refractivity contribution in [1.29, 1.82) is 0 Å². The molecule has 1 heterocycles. The molecular formula is C28H33NO5. The van der Waals surface area contributed by atoms with Crippen LogP contribution in [0.25, 0.3) is 0 Å². The molecule has 1 aliphatic heterocycles. The maximum absolute atomic E-state index is 6.47. The monoisotopic (exact) mass is 463 g/mol. The number of hydrogen-bond acceptors (Lipinski definition) is 6. The van der Waals surface area contributed by atoms with Crippen LogP contribution in [0.3, 0.4) is 0 Å². The van der Waals surface area contributed by atoms with Gasteiger partial charge in [-0.05, 0) is 16.7 Å². The number of hydrogen-bond donors (Lipinski definition) is 1. The lowest BCUT2D eigenvalue weighted by Crippen LogP contribution is -2.62. The van der Waals surface area contributed by atoms with E-state index in [1.165, 1.54) is 0 Å². The third-order valence-corrected chi connectivity index (χ3v) is 5.91. The van der Waals surface area contributed by atoms with Crippen LogP contribution in [0.2, 0.25) is 0 Å². The lowest BCUT2D eigenvalue weighted by Gasteiger charge is -2.45. The minimum Gasteiger partial charge on any atom is -0.368 e. The van der Waals surface area contributed by atoms with Crippen LogP contribution in [0.4, 0.5) is 0 Å². The highest BCUT2D eigenvalue weighted by molar-refractivity contribution is 5.15. The Morgan fingerprint density at radius 3 is 1.44 bits per heavy atom. The molecule has 0 aromatic heterocycles. The highest BCUT2D eigenvalue weighted by Crippen LogP contribution is 2.30. The molecule has 34 heavy (non-hydrogen) atoms. The Hall–Kier alpha value is -2.58. The molecular weight excluding hydrogens is 430 g/mol. The molecule has 180 valence electrons. The topological polar surface area (TPSA) is 72.2 Å². The summed E-state index contributed by atoms with van der Waals surface area (Å²) >= 11 is 0. The lowest BCUT2D eigenvalue weighted by atomic mass is 9.97. The standard InChI is InChI=1S/C28H33NO5/c1-30-28-27(33-20-23-15-9-4-10-16-23)26(32-19-22-13-7-3-8-14-22)25(24(17-29)34-28)31-18-21-11-5-2-6-12-21/h2-16,24-28H,17-20,29H2,1H3/t24-,25-,26+,27+,28+/m1/s1. The van der Waals surface area contributed by atoms with Crippen LogP contribution in [0, 0.1) is 0 Å². The Labute approximate surface area is 201 Å². The first-order valence-corrected chi connectivity index (χ1v) is 11.6. The molecule has 6 nitrogen and oxygen atoms in total. The zero-order chi connectivity index (χ0) is 23.6. The van der Waals surface area contributed by atoms with E-state index >= 15 is 0 Å². The van der Waals surface area contributed by atoms with Gasteiger partial charge < -0.3 is 29.4 Å². The number of methoxy groups -OCH3 is 1. The maximum atomic E-state index is 6.47. The second-order valence-electron chi connectivity index (χ2n) is 8.30. The molecule has 3 aromatic carbocycles. The average Bonchev–Trinajstić information content (AvgIpc) is 2.91. The van der Waals surface area contributed by atoms with Gasteiger partial charge in [-0.2, -0.15) is 0 Å². The number of benzene rings is 3. The highest BCUT2D eigenvalue weighted by Gasteiger charge is 2.48. The summed E-state index contributed by atoms with van der Waals surface area (Å²) in [6, 6.07) is 30.1. The summed E-state index contributed by atoms with van der Waals surface area (Å²) in [6.07, 6.45) is -2.40. The van der Waals surface area contributed by atoms with E-state index in [9.17, 15) is 0 Å². The van der Waals surface area contributed by atoms with Crippen LogP contribution < -0.4 is 5.73 Å². The maximum Gasteiger partial charge on any atom is 0.186 e. The second-order valence-corrected chi connectivity index (χ2v) is 8.30. The molecule has 1 saturated heterocycles. The first kappa shape index (κ1) is 24.5. The summed E-state index contributed by atoms with van der Waals surface area (Å²) < 4.78 is 31.1. The van der Waals surface area contributed by atoms with Crippen LogP contribution in [0.15, 0.2) is 91.0 Å². The van der Waals surface area contributed by atoms with Gasteiger partial charge >= 0.3 is 0 Å². The van der Waals surface area contributed by atoms with E-state index in [4.69, 9.17) is 29.4 Å². The highest BCUT2D eigenvalue weighted by atomic mass is 16.7. The quantitative estimate of drug-likeness (QED) is 0.462. The summed E-state index contributed by atoms with van der Waals surface area (Å²) in [5.41, 5.74) is 9.29. The van der Waals surface area contributed by atoms with E-state index in [0.717, 1.165) is 16.7 Å². The fourth-order valence-electron chi connectivity index (χ4n) is 4.13. The van der Waals surface area contributed by atoms with Gasteiger partial charge in [0.1, 0.15) is 24.4 Å². The van der Waals surface area contributed by atoms with Crippen molar-refractivity contribution in [3.05, 3.63) is 108 Å². The van der Waals surface area contributed by atoms with Gasteiger partial charge in [0, 0.05) is 13.7 Å². The third-order valence-electron chi connectivity index (χ3n) is 5.91. The molecule has 0 saturated carbocycles. The normalized spacial score (nSPS) is 24.7. The van der Waals surface area contributed by atoms with Gasteiger partial charge in [-0.1, -0.05) is 91.0 Å². The van der Waals surface area contributed by atoms with Crippen molar-refractivity contribution in [2.45, 2.75) is 50.5 Å². The van der Waals surface area contributed by atoms with Gasteiger partial charge in [0.25, 0.3) is 0 Å². The Balaban J connectivity index is 1.56. The molecule has 0 spiro atoms. The van der Waals surface area contributed by atoms with Crippen molar-refractivity contribution in [1.82, 2.24) is 0 Å². The van der Waals surface area contributed by atoms with Crippen molar-refractivity contribution in [3.8, 4) is 0 Å². The van der Waals surface area contributed by atoms with Gasteiger partial charge in [-0.3, -0.25) is 0 Å². The van der Waals surface area contributed by atoms with Crippen molar-refractivity contribution in [2.24, 2.45) is 5.73 Å². The van der Waals surface area contributed by atoms with Gasteiger partial charge in [0.2, 0.25) is 0 Å². The molecule has 0 amide bonds. The van der Waals surface area contributed by atoms with Crippen LogP contribution in [-0.4, -0.2) is 44.4 Å². The minimum atomic E-state index is -0.630. The first-order valence-electron chi connectivity index (χ1n) is 11.6. The Morgan fingerprint density at radius 2 is 1.03 bits per heavy atom. The summed E-state index contributed by atoms with van der Waals surface area (Å²) in [4.78, 5) is 0. The smallest absolute Gasteiger partial charge is 0.186 e. The fraction of sp³-hybridized carbons (Fsp3) is 0.357. The van der Waals surface area contributed by atoms with E-state index in [0.29, 0.717) is 19.8 Å². The lowest BCUT2D eigenvalue weighted by molar-refractivity contribution is -0.315. The third kappa shape index (κ3) is 6.51. The van der Waals surface area contributed by atoms with E-state index in [1.807, 2.05) is 91.0 Å². The molecule has 0 aliphatic carbocycles. The second kappa shape index (κ2) is 12.8. The average molecular weight is 464 g/mol. The molecule has 5 atom stereocenters. The summed E-state index contributed by atoms with van der Waals surface area (Å²) in [6.45, 7) is 1.50. The predicted molar refractivity (Wildman–Crippen MR) is 130 cm³/mol. The predicted octanol–water partition coefficient (Wildman–Crippen LogP) is 4.07. The fourth-order valence-corrected chi connectivity index (χ4v) is 4.13. The Bertz CT molecular complexity index is 899. The first-order chi connectivity index (χ1) is 16.8. The van der Waals surface area contributed by atoms with E-state index in [2.05, 4.69) is 0 Å². The number of nitrogens with two attached hydrogens (primary N) is 1. The van der Waals surface area contributed by atoms with Crippen LogP contribution >= 0.6 is 0 Å². The van der Waals surface area contributed by atoms with Crippen LogP contribution in [0.5, 0.6) is 0 Å². The summed E-state index contributed by atoms with van der Waals surface area (Å²) in [5.74, 6) is 0. The SMILES string of the molecule is CO[C@H]1O[C@H](CN)[C@@H](OCc2ccccc2)[C@H](OCc2ccccc2)[C@@H]1OCc1ccccc1. The molecule has 4 rings (SSSR count). The van der Waals surface area contributed by atoms with Crippen molar-refractivity contribution < 1.29 is 23.7 Å². The Morgan fingerprint density at radius 1 is 0.618 bits per heavy atom. The zero-order valence-electron chi connectivity index (χ0n) is 19.5. The Kier molecular flexibility index (Phi) is 9.21. The van der Waals surface area contributed by atoms with Crippen molar-refractivity contribution >= 4 is 0 Å². The molecule has 3 aromatic rings. The van der Waals surface area contributed by atoms with Gasteiger partial charge in [-0.15, -0.1) is 0 Å². The minimum absolute atomic E-state index is 0.274. The molecule has 6 heteroatoms. The summed E-state index contributed by atoms with van der Waals surface area (Å²) in [5, 5.41) is 0.